The molecule has 0 fully saturated rings. The number of nitrogens with zero attached hydrogens (tertiary/aromatic N) is 1. The molecule has 1 aliphatic heterocycles. The molecule has 0 N–H and O–H groups in total. The van der Waals surface area contributed by atoms with E-state index < -0.39 is 0 Å². The van der Waals surface area contributed by atoms with Gasteiger partial charge in [0.05, 0.1) is 7.11 Å². The molecule has 0 spiro atoms. The molecule has 2 heteroatoms. The quantitative estimate of drug-likeness (QED) is 0.705. The number of rotatable bonds is 2. The summed E-state index contributed by atoms with van der Waals surface area (Å²) < 4.78 is 5.29. The van der Waals surface area contributed by atoms with Gasteiger partial charge in [0.2, 0.25) is 0 Å². The third-order valence-corrected chi connectivity index (χ3v) is 2.16. The number of ether oxygens (including phenoxy) is 1. The van der Waals surface area contributed by atoms with Crippen LogP contribution in [0.4, 0.5) is 5.69 Å². The van der Waals surface area contributed by atoms with Gasteiger partial charge in [-0.1, -0.05) is 24.3 Å². The number of allylic oxidation sites excluding steroid dienone is 2. The Balaban J connectivity index is 2.29. The number of anilines is 1. The first kappa shape index (κ1) is 8.88. The molecule has 72 valence electrons. The van der Waals surface area contributed by atoms with Crippen molar-refractivity contribution in [3.05, 3.63) is 54.6 Å². The number of hydrogen-bond acceptors (Lipinski definition) is 2. The van der Waals surface area contributed by atoms with E-state index in [9.17, 15) is 0 Å². The average molecular weight is 187 g/mol. The van der Waals surface area contributed by atoms with Crippen LogP contribution in [0.1, 0.15) is 6.42 Å². The van der Waals surface area contributed by atoms with Crippen molar-refractivity contribution < 1.29 is 4.74 Å². The van der Waals surface area contributed by atoms with E-state index in [2.05, 4.69) is 24.3 Å². The number of methoxy groups -OCH3 is 1. The summed E-state index contributed by atoms with van der Waals surface area (Å²) in [5, 5.41) is 0. The van der Waals surface area contributed by atoms with Crippen molar-refractivity contribution in [3.8, 4) is 0 Å². The molecule has 0 saturated heterocycles. The van der Waals surface area contributed by atoms with Gasteiger partial charge >= 0.3 is 0 Å². The minimum absolute atomic E-state index is 0.888. The van der Waals surface area contributed by atoms with Crippen LogP contribution in [0.15, 0.2) is 54.6 Å². The van der Waals surface area contributed by atoms with E-state index in [1.54, 1.807) is 7.11 Å². The van der Waals surface area contributed by atoms with Crippen molar-refractivity contribution in [2.75, 3.05) is 12.0 Å². The lowest BCUT2D eigenvalue weighted by molar-refractivity contribution is 0.283. The summed E-state index contributed by atoms with van der Waals surface area (Å²) in [6.45, 7) is 0. The number of hydrogen-bond donors (Lipinski definition) is 0. The number of benzene rings is 1. The van der Waals surface area contributed by atoms with Gasteiger partial charge in [-0.3, -0.25) is 4.90 Å². The largest absolute Gasteiger partial charge is 0.482 e. The highest BCUT2D eigenvalue weighted by atomic mass is 16.5. The van der Waals surface area contributed by atoms with Gasteiger partial charge in [-0.2, -0.15) is 0 Å². The fourth-order valence-electron chi connectivity index (χ4n) is 1.49. The summed E-state index contributed by atoms with van der Waals surface area (Å²) in [5.74, 6) is 0.888. The molecule has 1 aromatic rings. The molecule has 0 unspecified atom stereocenters. The summed E-state index contributed by atoms with van der Waals surface area (Å²) in [4.78, 5) is 2.03. The lowest BCUT2D eigenvalue weighted by Crippen LogP contribution is -2.18. The van der Waals surface area contributed by atoms with E-state index >= 15 is 0 Å². The first-order valence-electron chi connectivity index (χ1n) is 4.67. The van der Waals surface area contributed by atoms with Gasteiger partial charge in [-0.25, -0.2) is 0 Å². The van der Waals surface area contributed by atoms with E-state index in [0.717, 1.165) is 18.0 Å². The zero-order valence-electron chi connectivity index (χ0n) is 8.18. The topological polar surface area (TPSA) is 12.5 Å². The van der Waals surface area contributed by atoms with Crippen LogP contribution < -0.4 is 4.90 Å². The SMILES string of the molecule is COC1=CCC=CN1c1ccccc1. The van der Waals surface area contributed by atoms with Crippen molar-refractivity contribution in [1.82, 2.24) is 0 Å². The van der Waals surface area contributed by atoms with E-state index in [0.29, 0.717) is 0 Å². The van der Waals surface area contributed by atoms with Crippen molar-refractivity contribution in [2.45, 2.75) is 6.42 Å². The Kier molecular flexibility index (Phi) is 2.54. The molecule has 14 heavy (non-hydrogen) atoms. The highest BCUT2D eigenvalue weighted by Gasteiger charge is 2.10. The van der Waals surface area contributed by atoms with Gasteiger partial charge in [0.25, 0.3) is 0 Å². The zero-order chi connectivity index (χ0) is 9.80. The molecule has 0 bridgehead atoms. The fraction of sp³-hybridized carbons (Fsp3) is 0.167. The monoisotopic (exact) mass is 187 g/mol. The van der Waals surface area contributed by atoms with Gasteiger partial charge in [0, 0.05) is 11.9 Å². The van der Waals surface area contributed by atoms with Crippen LogP contribution in [0.2, 0.25) is 0 Å². The molecular formula is C12H13NO. The lowest BCUT2D eigenvalue weighted by Gasteiger charge is -2.24. The molecule has 0 amide bonds. The van der Waals surface area contributed by atoms with Crippen molar-refractivity contribution >= 4 is 5.69 Å². The summed E-state index contributed by atoms with van der Waals surface area (Å²) >= 11 is 0. The maximum absolute atomic E-state index is 5.29. The molecule has 0 aliphatic carbocycles. The summed E-state index contributed by atoms with van der Waals surface area (Å²) in [7, 11) is 1.70. The van der Waals surface area contributed by atoms with E-state index in [-0.39, 0.29) is 0 Å². The van der Waals surface area contributed by atoms with Gasteiger partial charge in [-0.15, -0.1) is 0 Å². The van der Waals surface area contributed by atoms with Crippen LogP contribution in [-0.4, -0.2) is 7.11 Å². The van der Waals surface area contributed by atoms with Crippen molar-refractivity contribution in [3.63, 3.8) is 0 Å². The van der Waals surface area contributed by atoms with Crippen LogP contribution in [0.3, 0.4) is 0 Å². The molecule has 1 aliphatic rings. The Bertz CT molecular complexity index is 354. The first-order valence-corrected chi connectivity index (χ1v) is 4.67. The molecule has 1 heterocycles. The second kappa shape index (κ2) is 4.01. The Labute approximate surface area is 84.1 Å². The third kappa shape index (κ3) is 1.64. The lowest BCUT2D eigenvalue weighted by atomic mass is 10.2. The predicted molar refractivity (Wildman–Crippen MR) is 57.8 cm³/mol. The van der Waals surface area contributed by atoms with Crippen LogP contribution in [0.25, 0.3) is 0 Å². The maximum atomic E-state index is 5.29. The van der Waals surface area contributed by atoms with Crippen LogP contribution in [0.5, 0.6) is 0 Å². The molecule has 0 radical (unpaired) electrons. The van der Waals surface area contributed by atoms with Gasteiger partial charge in [-0.05, 0) is 24.6 Å². The minimum atomic E-state index is 0.888. The van der Waals surface area contributed by atoms with Crippen LogP contribution in [-0.2, 0) is 4.74 Å². The second-order valence-electron chi connectivity index (χ2n) is 3.07. The Hall–Kier alpha value is -1.70. The van der Waals surface area contributed by atoms with E-state index in [4.69, 9.17) is 4.74 Å². The second-order valence-corrected chi connectivity index (χ2v) is 3.07. The van der Waals surface area contributed by atoms with Crippen LogP contribution >= 0.6 is 0 Å². The molecule has 0 atom stereocenters. The Morgan fingerprint density at radius 3 is 2.71 bits per heavy atom. The summed E-state index contributed by atoms with van der Waals surface area (Å²) in [5.41, 5.74) is 1.12. The van der Waals surface area contributed by atoms with Gasteiger partial charge < -0.3 is 4.74 Å². The van der Waals surface area contributed by atoms with Crippen LogP contribution in [0, 0.1) is 0 Å². The normalized spacial score (nSPS) is 15.2. The molecule has 2 nitrogen and oxygen atoms in total. The predicted octanol–water partition coefficient (Wildman–Crippen LogP) is 2.90. The highest BCUT2D eigenvalue weighted by Crippen LogP contribution is 2.22. The standard InChI is InChI=1S/C12H13NO/c1-14-12-9-5-6-10-13(12)11-7-3-2-4-8-11/h2-4,6-10H,5H2,1H3. The van der Waals surface area contributed by atoms with Gasteiger partial charge in [0.1, 0.15) is 0 Å². The summed E-state index contributed by atoms with van der Waals surface area (Å²) in [6, 6.07) is 10.2. The summed E-state index contributed by atoms with van der Waals surface area (Å²) in [6.07, 6.45) is 7.14. The Morgan fingerprint density at radius 2 is 2.00 bits per heavy atom. The van der Waals surface area contributed by atoms with Gasteiger partial charge in [0.15, 0.2) is 5.88 Å². The van der Waals surface area contributed by atoms with Crippen molar-refractivity contribution in [1.29, 1.82) is 0 Å². The molecule has 1 aromatic carbocycles. The fourth-order valence-corrected chi connectivity index (χ4v) is 1.49. The molecule has 2 rings (SSSR count). The molecule has 0 aromatic heterocycles. The maximum Gasteiger partial charge on any atom is 0.193 e. The highest BCUT2D eigenvalue weighted by molar-refractivity contribution is 5.54. The minimum Gasteiger partial charge on any atom is -0.482 e. The van der Waals surface area contributed by atoms with E-state index in [1.165, 1.54) is 0 Å². The smallest absolute Gasteiger partial charge is 0.193 e. The Morgan fingerprint density at radius 1 is 1.21 bits per heavy atom. The molecule has 0 saturated carbocycles. The first-order chi connectivity index (χ1) is 6.92. The zero-order valence-corrected chi connectivity index (χ0v) is 8.18. The third-order valence-electron chi connectivity index (χ3n) is 2.16. The molecular weight excluding hydrogens is 174 g/mol. The average Bonchev–Trinajstić information content (AvgIpc) is 2.30. The number of para-hydroxylation sites is 1. The van der Waals surface area contributed by atoms with Crippen molar-refractivity contribution in [2.24, 2.45) is 0 Å². The van der Waals surface area contributed by atoms with E-state index in [1.807, 2.05) is 29.3 Å².